The Bertz CT molecular complexity index is 795. The van der Waals surface area contributed by atoms with E-state index in [2.05, 4.69) is 36.8 Å². The van der Waals surface area contributed by atoms with Gasteiger partial charge in [0.05, 0.1) is 17.6 Å². The number of hydrogen-bond acceptors (Lipinski definition) is 3. The molecular formula is C13H10Br2N2O3. The van der Waals surface area contributed by atoms with Crippen molar-refractivity contribution in [1.29, 1.82) is 0 Å². The molecule has 0 saturated carbocycles. The van der Waals surface area contributed by atoms with E-state index >= 15 is 0 Å². The van der Waals surface area contributed by atoms with Gasteiger partial charge < -0.3 is 9.72 Å². The molecule has 5 nitrogen and oxygen atoms in total. The molecule has 1 N–H and O–H groups in total. The van der Waals surface area contributed by atoms with Crippen LogP contribution in [0, 0.1) is 0 Å². The molecule has 1 aliphatic heterocycles. The van der Waals surface area contributed by atoms with Crippen molar-refractivity contribution >= 4 is 31.9 Å². The third-order valence-electron chi connectivity index (χ3n) is 3.17. The molecule has 3 rings (SSSR count). The lowest BCUT2D eigenvalue weighted by Crippen LogP contribution is -2.35. The van der Waals surface area contributed by atoms with Gasteiger partial charge in [-0.25, -0.2) is 4.79 Å². The van der Waals surface area contributed by atoms with Gasteiger partial charge in [-0.15, -0.1) is 0 Å². The summed E-state index contributed by atoms with van der Waals surface area (Å²) in [5.74, 6) is 0.777. The van der Waals surface area contributed by atoms with Crippen molar-refractivity contribution in [3.8, 4) is 5.75 Å². The third-order valence-corrected chi connectivity index (χ3v) is 4.20. The number of H-pyrrole nitrogens is 1. The van der Waals surface area contributed by atoms with E-state index in [4.69, 9.17) is 4.74 Å². The summed E-state index contributed by atoms with van der Waals surface area (Å²) in [6.45, 7) is 0.803. The third kappa shape index (κ3) is 2.35. The zero-order valence-corrected chi connectivity index (χ0v) is 13.5. The minimum atomic E-state index is -0.440. The van der Waals surface area contributed by atoms with E-state index < -0.39 is 5.69 Å². The van der Waals surface area contributed by atoms with Crippen molar-refractivity contribution < 1.29 is 4.74 Å². The van der Waals surface area contributed by atoms with Gasteiger partial charge in [-0.2, -0.15) is 0 Å². The van der Waals surface area contributed by atoms with Crippen LogP contribution in [0.2, 0.25) is 0 Å². The number of nitrogens with zero attached hydrogens (tertiary/aromatic N) is 1. The highest BCUT2D eigenvalue weighted by molar-refractivity contribution is 9.10. The number of ether oxygens (including phenoxy) is 1. The normalized spacial score (nSPS) is 13.1. The summed E-state index contributed by atoms with van der Waals surface area (Å²) in [6, 6.07) is 3.87. The maximum Gasteiger partial charge on any atom is 0.328 e. The Labute approximate surface area is 130 Å². The fourth-order valence-corrected chi connectivity index (χ4v) is 3.14. The SMILES string of the molecule is O=c1[nH]cc(Br)c(=O)n1Cc1cc(Br)cc2c1OCC2. The number of benzene rings is 1. The van der Waals surface area contributed by atoms with Crippen LogP contribution in [0.25, 0.3) is 0 Å². The second-order valence-electron chi connectivity index (χ2n) is 4.48. The smallest absolute Gasteiger partial charge is 0.328 e. The second kappa shape index (κ2) is 5.21. The van der Waals surface area contributed by atoms with E-state index in [1.165, 1.54) is 6.20 Å². The number of aromatic nitrogens is 2. The van der Waals surface area contributed by atoms with Crippen molar-refractivity contribution in [2.75, 3.05) is 6.61 Å². The van der Waals surface area contributed by atoms with Crippen LogP contribution in [-0.4, -0.2) is 16.2 Å². The first-order valence-corrected chi connectivity index (χ1v) is 7.57. The standard InChI is InChI=1S/C13H10Br2N2O3/c14-9-3-7-1-2-20-11(7)8(4-9)6-17-12(18)10(15)5-16-13(17)19/h3-5H,1-2,6H2,(H,16,19). The summed E-state index contributed by atoms with van der Waals surface area (Å²) >= 11 is 6.57. The predicted molar refractivity (Wildman–Crippen MR) is 81.5 cm³/mol. The molecule has 0 unspecified atom stereocenters. The van der Waals surface area contributed by atoms with Gasteiger partial charge in [0, 0.05) is 22.7 Å². The fraction of sp³-hybridized carbons (Fsp3) is 0.231. The maximum absolute atomic E-state index is 12.0. The average molecular weight is 402 g/mol. The zero-order chi connectivity index (χ0) is 14.3. The molecule has 0 spiro atoms. The van der Waals surface area contributed by atoms with Gasteiger partial charge in [-0.1, -0.05) is 15.9 Å². The Morgan fingerprint density at radius 2 is 2.10 bits per heavy atom. The summed E-state index contributed by atoms with van der Waals surface area (Å²) in [4.78, 5) is 26.4. The molecule has 0 amide bonds. The number of rotatable bonds is 2. The van der Waals surface area contributed by atoms with Gasteiger partial charge in [0.25, 0.3) is 5.56 Å². The van der Waals surface area contributed by atoms with Gasteiger partial charge >= 0.3 is 5.69 Å². The minimum absolute atomic E-state index is 0.176. The predicted octanol–water partition coefficient (Wildman–Crippen LogP) is 2.04. The highest BCUT2D eigenvalue weighted by Crippen LogP contribution is 2.33. The van der Waals surface area contributed by atoms with E-state index in [0.717, 1.165) is 32.3 Å². The quantitative estimate of drug-likeness (QED) is 0.837. The van der Waals surface area contributed by atoms with Crippen molar-refractivity contribution in [3.05, 3.63) is 59.2 Å². The van der Waals surface area contributed by atoms with Crippen LogP contribution >= 0.6 is 31.9 Å². The van der Waals surface area contributed by atoms with Crippen LogP contribution < -0.4 is 16.0 Å². The lowest BCUT2D eigenvalue weighted by atomic mass is 10.1. The largest absolute Gasteiger partial charge is 0.493 e. The Morgan fingerprint density at radius 1 is 1.30 bits per heavy atom. The molecule has 0 fully saturated rings. The lowest BCUT2D eigenvalue weighted by Gasteiger charge is -2.10. The Balaban J connectivity index is 2.12. The van der Waals surface area contributed by atoms with E-state index in [1.54, 1.807) is 0 Å². The Morgan fingerprint density at radius 3 is 2.90 bits per heavy atom. The van der Waals surface area contributed by atoms with Crippen molar-refractivity contribution in [2.45, 2.75) is 13.0 Å². The van der Waals surface area contributed by atoms with Crippen molar-refractivity contribution in [2.24, 2.45) is 0 Å². The first-order chi connectivity index (χ1) is 9.56. The van der Waals surface area contributed by atoms with E-state index in [9.17, 15) is 9.59 Å². The van der Waals surface area contributed by atoms with Gasteiger partial charge in [-0.3, -0.25) is 9.36 Å². The molecule has 1 aromatic carbocycles. The molecule has 2 aromatic rings. The molecular weight excluding hydrogens is 392 g/mol. The van der Waals surface area contributed by atoms with Gasteiger partial charge in [0.1, 0.15) is 5.75 Å². The van der Waals surface area contributed by atoms with Gasteiger partial charge in [0.15, 0.2) is 0 Å². The second-order valence-corrected chi connectivity index (χ2v) is 6.25. The van der Waals surface area contributed by atoms with Crippen molar-refractivity contribution in [3.63, 3.8) is 0 Å². The van der Waals surface area contributed by atoms with E-state index in [0.29, 0.717) is 11.1 Å². The van der Waals surface area contributed by atoms with E-state index in [-0.39, 0.29) is 12.1 Å². The average Bonchev–Trinajstić information content (AvgIpc) is 2.87. The minimum Gasteiger partial charge on any atom is -0.493 e. The summed E-state index contributed by atoms with van der Waals surface area (Å²) in [5.41, 5.74) is 1.11. The molecule has 104 valence electrons. The molecule has 7 heteroatoms. The highest BCUT2D eigenvalue weighted by atomic mass is 79.9. The first kappa shape index (κ1) is 13.6. The molecule has 20 heavy (non-hydrogen) atoms. The number of aromatic amines is 1. The van der Waals surface area contributed by atoms with Gasteiger partial charge in [-0.05, 0) is 33.6 Å². The number of hydrogen-bond donors (Lipinski definition) is 1. The molecule has 0 aliphatic carbocycles. The van der Waals surface area contributed by atoms with E-state index in [1.807, 2.05) is 12.1 Å². The summed E-state index contributed by atoms with van der Waals surface area (Å²) in [6.07, 6.45) is 2.19. The highest BCUT2D eigenvalue weighted by Gasteiger charge is 2.18. The molecule has 0 radical (unpaired) electrons. The monoisotopic (exact) mass is 400 g/mol. The van der Waals surface area contributed by atoms with Crippen LogP contribution in [0.4, 0.5) is 0 Å². The molecule has 1 aromatic heterocycles. The fourth-order valence-electron chi connectivity index (χ4n) is 2.26. The summed E-state index contributed by atoms with van der Waals surface area (Å²) in [5, 5.41) is 0. The number of halogens is 2. The van der Waals surface area contributed by atoms with Crippen LogP contribution in [0.5, 0.6) is 5.75 Å². The Kier molecular flexibility index (Phi) is 3.55. The first-order valence-electron chi connectivity index (χ1n) is 5.98. The molecule has 2 heterocycles. The number of nitrogens with one attached hydrogen (secondary N) is 1. The molecule has 0 saturated heterocycles. The number of fused-ring (bicyclic) bond motifs is 1. The summed E-state index contributed by atoms with van der Waals surface area (Å²) < 4.78 is 7.99. The van der Waals surface area contributed by atoms with Crippen LogP contribution in [-0.2, 0) is 13.0 Å². The topological polar surface area (TPSA) is 64.1 Å². The van der Waals surface area contributed by atoms with Crippen molar-refractivity contribution in [1.82, 2.24) is 9.55 Å². The van der Waals surface area contributed by atoms with Gasteiger partial charge in [0.2, 0.25) is 0 Å². The van der Waals surface area contributed by atoms with Crippen LogP contribution in [0.3, 0.4) is 0 Å². The maximum atomic E-state index is 12.0. The molecule has 0 atom stereocenters. The van der Waals surface area contributed by atoms with Crippen LogP contribution in [0.1, 0.15) is 11.1 Å². The van der Waals surface area contributed by atoms with Crippen LogP contribution in [0.15, 0.2) is 36.9 Å². The lowest BCUT2D eigenvalue weighted by molar-refractivity contribution is 0.352. The zero-order valence-electron chi connectivity index (χ0n) is 10.3. The Hall–Kier alpha value is -1.34. The summed E-state index contributed by atoms with van der Waals surface area (Å²) in [7, 11) is 0. The molecule has 1 aliphatic rings. The molecule has 0 bridgehead atoms.